The highest BCUT2D eigenvalue weighted by molar-refractivity contribution is 7.91. The van der Waals surface area contributed by atoms with Gasteiger partial charge in [-0.3, -0.25) is 9.78 Å². The fraction of sp³-hybridized carbons (Fsp3) is 0.520. The zero-order valence-electron chi connectivity index (χ0n) is 20.5. The highest BCUT2D eigenvalue weighted by Gasteiger charge is 2.45. The number of hydrogen-bond donors (Lipinski definition) is 3. The third-order valence-electron chi connectivity index (χ3n) is 8.31. The van der Waals surface area contributed by atoms with Gasteiger partial charge in [-0.1, -0.05) is 6.07 Å². The van der Waals surface area contributed by atoms with E-state index in [1.165, 1.54) is 4.52 Å². The zero-order chi connectivity index (χ0) is 26.1. The van der Waals surface area contributed by atoms with Gasteiger partial charge in [0.05, 0.1) is 17.6 Å². The molecule has 1 saturated carbocycles. The van der Waals surface area contributed by atoms with Crippen molar-refractivity contribution in [2.75, 3.05) is 18.6 Å². The van der Waals surface area contributed by atoms with E-state index < -0.39 is 22.0 Å². The summed E-state index contributed by atoms with van der Waals surface area (Å²) < 4.78 is 27.2. The van der Waals surface area contributed by atoms with Crippen LogP contribution in [-0.4, -0.2) is 74.0 Å². The highest BCUT2D eigenvalue weighted by atomic mass is 32.2. The van der Waals surface area contributed by atoms with E-state index in [0.717, 1.165) is 31.1 Å². The highest BCUT2D eigenvalue weighted by Crippen LogP contribution is 2.45. The van der Waals surface area contributed by atoms with Crippen LogP contribution in [0.3, 0.4) is 0 Å². The molecule has 2 atom stereocenters. The minimum absolute atomic E-state index is 0.00307. The van der Waals surface area contributed by atoms with Crippen molar-refractivity contribution in [2.24, 2.45) is 0 Å². The lowest BCUT2D eigenvalue weighted by Crippen LogP contribution is -2.47. The van der Waals surface area contributed by atoms with E-state index in [-0.39, 0.29) is 34.6 Å². The van der Waals surface area contributed by atoms with Gasteiger partial charge >= 0.3 is 0 Å². The first kappa shape index (κ1) is 24.3. The van der Waals surface area contributed by atoms with Crippen molar-refractivity contribution in [1.82, 2.24) is 24.5 Å². The molecule has 3 fully saturated rings. The molecule has 2 unspecified atom stereocenters. The number of aliphatic hydroxyl groups is 2. The molecule has 3 aromatic rings. The first-order chi connectivity index (χ1) is 17.6. The van der Waals surface area contributed by atoms with Crippen molar-refractivity contribution < 1.29 is 23.4 Å². The second-order valence-corrected chi connectivity index (χ2v) is 12.6. The topological polar surface area (TPSA) is 164 Å². The Balaban J connectivity index is 1.44. The van der Waals surface area contributed by atoms with Crippen molar-refractivity contribution in [3.05, 3.63) is 35.9 Å². The third kappa shape index (κ3) is 3.80. The molecule has 2 aliphatic heterocycles. The Morgan fingerprint density at radius 1 is 1.19 bits per heavy atom. The fourth-order valence-corrected chi connectivity index (χ4v) is 7.42. The summed E-state index contributed by atoms with van der Waals surface area (Å²) in [5.41, 5.74) is 8.40. The molecule has 12 heteroatoms. The summed E-state index contributed by atoms with van der Waals surface area (Å²) in [6.45, 7) is -0.535. The number of piperidine rings is 1. The number of aliphatic hydroxyl groups excluding tert-OH is 1. The molecular formula is C25H30N6O5S. The average molecular weight is 527 g/mol. The lowest BCUT2D eigenvalue weighted by atomic mass is 9.77. The summed E-state index contributed by atoms with van der Waals surface area (Å²) in [5.74, 6) is -0.505. The predicted molar refractivity (Wildman–Crippen MR) is 134 cm³/mol. The summed E-state index contributed by atoms with van der Waals surface area (Å²) in [6, 6.07) is 3.51. The first-order valence-electron chi connectivity index (χ1n) is 12.6. The molecule has 0 spiro atoms. The summed E-state index contributed by atoms with van der Waals surface area (Å²) >= 11 is 0. The Morgan fingerprint density at radius 2 is 1.89 bits per heavy atom. The van der Waals surface area contributed by atoms with Gasteiger partial charge in [0, 0.05) is 41.6 Å². The van der Waals surface area contributed by atoms with Crippen LogP contribution in [0.25, 0.3) is 16.8 Å². The van der Waals surface area contributed by atoms with Gasteiger partial charge in [0.2, 0.25) is 5.91 Å². The Labute approximate surface area is 214 Å². The third-order valence-corrected chi connectivity index (χ3v) is 9.47. The molecular weight excluding hydrogens is 496 g/mol. The number of amides is 1. The second kappa shape index (κ2) is 8.47. The lowest BCUT2D eigenvalue weighted by molar-refractivity contribution is -0.138. The van der Waals surface area contributed by atoms with Crippen LogP contribution in [-0.2, 0) is 20.2 Å². The van der Waals surface area contributed by atoms with Gasteiger partial charge in [-0.25, -0.2) is 13.4 Å². The molecule has 2 saturated heterocycles. The molecule has 0 aromatic carbocycles. The zero-order valence-corrected chi connectivity index (χ0v) is 21.4. The molecule has 37 heavy (non-hydrogen) atoms. The number of rotatable bonds is 5. The molecule has 11 nitrogen and oxygen atoms in total. The lowest BCUT2D eigenvalue weighted by Gasteiger charge is -2.39. The van der Waals surface area contributed by atoms with Crippen LogP contribution in [0.4, 0.5) is 5.82 Å². The quantitative estimate of drug-likeness (QED) is 0.445. The fourth-order valence-electron chi connectivity index (χ4n) is 6.36. The number of anilines is 1. The van der Waals surface area contributed by atoms with Crippen LogP contribution in [0.1, 0.15) is 62.3 Å². The van der Waals surface area contributed by atoms with Gasteiger partial charge < -0.3 is 20.8 Å². The molecule has 3 aliphatic rings. The molecule has 4 N–H and O–H groups in total. The Kier molecular flexibility index (Phi) is 5.55. The van der Waals surface area contributed by atoms with Gasteiger partial charge in [0.25, 0.3) is 0 Å². The number of carbonyl (C=O) groups is 1. The van der Waals surface area contributed by atoms with E-state index in [2.05, 4.69) is 10.1 Å². The number of carbonyl (C=O) groups excluding carboxylic acids is 1. The van der Waals surface area contributed by atoms with E-state index in [1.54, 1.807) is 23.4 Å². The van der Waals surface area contributed by atoms with Crippen LogP contribution in [0.15, 0.2) is 29.4 Å². The first-order valence-corrected chi connectivity index (χ1v) is 14.5. The number of sulfone groups is 1. The number of aromatic nitrogens is 4. The van der Waals surface area contributed by atoms with E-state index in [1.807, 2.05) is 6.07 Å². The monoisotopic (exact) mass is 526 g/mol. The minimum atomic E-state index is -3.74. The number of pyridine rings is 1. The van der Waals surface area contributed by atoms with E-state index in [0.29, 0.717) is 48.3 Å². The molecule has 6 rings (SSSR count). The summed E-state index contributed by atoms with van der Waals surface area (Å²) in [7, 11) is -3.74. The smallest absolute Gasteiger partial charge is 0.248 e. The van der Waals surface area contributed by atoms with Crippen molar-refractivity contribution >= 4 is 27.2 Å². The van der Waals surface area contributed by atoms with E-state index in [9.17, 15) is 23.4 Å². The molecule has 5 heterocycles. The standard InChI is InChI=1S/C25H30N6O5S/c1-37(35,36)22-21(15-9-16-4-5-17(10-15)30(16)20(33)13-32)29-24-18(12-28-31(24)23(22)26)14-3-6-19(27-11-14)25(34)7-2-8-25/h3,6,11-12,15-17,32,34H,2,4-5,7-10,13,26H2,1H3. The Hall–Kier alpha value is -3.09. The van der Waals surface area contributed by atoms with Crippen LogP contribution in [0.2, 0.25) is 0 Å². The van der Waals surface area contributed by atoms with Crippen LogP contribution in [0.5, 0.6) is 0 Å². The van der Waals surface area contributed by atoms with Crippen molar-refractivity contribution in [3.63, 3.8) is 0 Å². The summed E-state index contributed by atoms with van der Waals surface area (Å²) in [6.07, 6.45) is 9.44. The Morgan fingerprint density at radius 3 is 2.43 bits per heavy atom. The maximum Gasteiger partial charge on any atom is 0.248 e. The maximum absolute atomic E-state index is 12.9. The number of hydrogen-bond acceptors (Lipinski definition) is 9. The van der Waals surface area contributed by atoms with Gasteiger partial charge in [0.1, 0.15) is 22.9 Å². The molecule has 1 amide bonds. The van der Waals surface area contributed by atoms with Crippen LogP contribution in [0, 0.1) is 0 Å². The molecule has 1 aliphatic carbocycles. The van der Waals surface area contributed by atoms with Crippen molar-refractivity contribution in [1.29, 1.82) is 0 Å². The predicted octanol–water partition coefficient (Wildman–Crippen LogP) is 1.38. The van der Waals surface area contributed by atoms with Crippen molar-refractivity contribution in [2.45, 2.75) is 73.4 Å². The van der Waals surface area contributed by atoms with Gasteiger partial charge in [-0.05, 0) is 51.0 Å². The minimum Gasteiger partial charge on any atom is -0.387 e. The normalized spacial score (nSPS) is 24.8. The largest absolute Gasteiger partial charge is 0.387 e. The number of nitrogen functional groups attached to an aromatic ring is 1. The van der Waals surface area contributed by atoms with Crippen molar-refractivity contribution in [3.8, 4) is 11.1 Å². The summed E-state index contributed by atoms with van der Waals surface area (Å²) in [4.78, 5) is 23.4. The van der Waals surface area contributed by atoms with Gasteiger partial charge in [-0.2, -0.15) is 9.61 Å². The number of nitrogens with zero attached hydrogens (tertiary/aromatic N) is 5. The molecule has 2 bridgehead atoms. The molecule has 196 valence electrons. The maximum atomic E-state index is 12.9. The van der Waals surface area contributed by atoms with E-state index >= 15 is 0 Å². The SMILES string of the molecule is CS(=O)(=O)c1c(C2CC3CCC(C2)N3C(=O)CO)nc2c(-c3ccc(C4(O)CCC4)nc3)cnn2c1N. The van der Waals surface area contributed by atoms with E-state index in [4.69, 9.17) is 10.7 Å². The van der Waals surface area contributed by atoms with Gasteiger partial charge in [-0.15, -0.1) is 0 Å². The van der Waals surface area contributed by atoms with Crippen LogP contribution >= 0.6 is 0 Å². The second-order valence-electron chi connectivity index (χ2n) is 10.6. The summed E-state index contributed by atoms with van der Waals surface area (Å²) in [5, 5.41) is 24.4. The number of fused-ring (bicyclic) bond motifs is 3. The molecule has 3 aromatic heterocycles. The Bertz CT molecular complexity index is 1480. The molecule has 0 radical (unpaired) electrons. The average Bonchev–Trinajstić information content (AvgIpc) is 3.39. The number of nitrogens with two attached hydrogens (primary N) is 1. The van der Waals surface area contributed by atoms with Crippen LogP contribution < -0.4 is 5.73 Å². The van der Waals surface area contributed by atoms with Gasteiger partial charge in [0.15, 0.2) is 15.5 Å².